The number of aliphatic hydroxyl groups is 1. The van der Waals surface area contributed by atoms with Crippen molar-refractivity contribution in [3.05, 3.63) is 36.0 Å². The minimum atomic E-state index is -1.11. The number of rotatable bonds is 3. The van der Waals surface area contributed by atoms with Crippen molar-refractivity contribution < 1.29 is 14.7 Å². The third-order valence-electron chi connectivity index (χ3n) is 13.7. The fraction of sp³-hybridized carbons (Fsp3) is 0.771. The maximum absolute atomic E-state index is 14.7. The second-order valence-electron chi connectivity index (χ2n) is 16.5. The minimum absolute atomic E-state index is 0.00645. The van der Waals surface area contributed by atoms with Crippen molar-refractivity contribution in [2.75, 3.05) is 0 Å². The van der Waals surface area contributed by atoms with Gasteiger partial charge >= 0.3 is 0 Å². The summed E-state index contributed by atoms with van der Waals surface area (Å²) in [4.78, 5) is 28.2. The smallest absolute Gasteiger partial charge is 0.140 e. The minimum Gasteiger partial charge on any atom is -0.385 e. The fourth-order valence-electron chi connectivity index (χ4n) is 10.2. The van der Waals surface area contributed by atoms with E-state index in [0.29, 0.717) is 12.8 Å². The summed E-state index contributed by atoms with van der Waals surface area (Å²) in [6, 6.07) is 0. The van der Waals surface area contributed by atoms with E-state index < -0.39 is 16.4 Å². The van der Waals surface area contributed by atoms with Gasteiger partial charge in [-0.3, -0.25) is 9.59 Å². The van der Waals surface area contributed by atoms with Crippen molar-refractivity contribution in [3.8, 4) is 0 Å². The molecule has 0 aliphatic heterocycles. The second-order valence-corrected chi connectivity index (χ2v) is 16.5. The lowest BCUT2D eigenvalue weighted by Crippen LogP contribution is -2.72. The number of allylic oxidation sites excluding steroid dienone is 3. The maximum Gasteiger partial charge on any atom is 0.140 e. The van der Waals surface area contributed by atoms with Crippen molar-refractivity contribution >= 4 is 11.6 Å². The van der Waals surface area contributed by atoms with Crippen LogP contribution >= 0.6 is 0 Å². The van der Waals surface area contributed by atoms with Gasteiger partial charge in [0, 0.05) is 29.6 Å². The fourth-order valence-corrected chi connectivity index (χ4v) is 10.2. The number of ketones is 2. The van der Waals surface area contributed by atoms with Crippen LogP contribution in [0.15, 0.2) is 36.0 Å². The van der Waals surface area contributed by atoms with Gasteiger partial charge in [0.1, 0.15) is 11.6 Å². The highest BCUT2D eigenvalue weighted by Gasteiger charge is 2.79. The molecule has 0 radical (unpaired) electrons. The molecule has 3 fully saturated rings. The summed E-state index contributed by atoms with van der Waals surface area (Å²) >= 11 is 0. The highest BCUT2D eigenvalue weighted by Crippen LogP contribution is 2.81. The predicted molar refractivity (Wildman–Crippen MR) is 157 cm³/mol. The van der Waals surface area contributed by atoms with Crippen LogP contribution in [0.3, 0.4) is 0 Å². The largest absolute Gasteiger partial charge is 0.385 e. The first-order valence-corrected chi connectivity index (χ1v) is 14.9. The Bertz CT molecular complexity index is 1140. The highest BCUT2D eigenvalue weighted by molar-refractivity contribution is 5.93. The summed E-state index contributed by atoms with van der Waals surface area (Å²) in [6.07, 6.45) is 10.0. The van der Waals surface area contributed by atoms with E-state index in [0.717, 1.165) is 24.8 Å². The standard InChI is InChI=1S/C35H54O3/c1-22(14-17-28(3,4)5)34(12,38)26-16-18-32(10)30(26,8)21-27(37)35(13)31(9)20-24(36)23(2)29(6,7)25(31)15-19-33(32,35)11/h14-15,17,23,26,38H,1,16,18-21H2,2-13H3. The van der Waals surface area contributed by atoms with E-state index in [1.54, 1.807) is 0 Å². The molecule has 3 heteroatoms. The Morgan fingerprint density at radius 1 is 1.00 bits per heavy atom. The van der Waals surface area contributed by atoms with Gasteiger partial charge < -0.3 is 5.11 Å². The second kappa shape index (κ2) is 8.05. The molecule has 0 heterocycles. The Morgan fingerprint density at radius 2 is 1.58 bits per heavy atom. The number of hydrogen-bond donors (Lipinski definition) is 1. The van der Waals surface area contributed by atoms with Crippen molar-refractivity contribution in [2.45, 2.75) is 121 Å². The molecular formula is C35H54O3. The summed E-state index contributed by atoms with van der Waals surface area (Å²) in [5, 5.41) is 12.1. The molecule has 38 heavy (non-hydrogen) atoms. The first-order valence-electron chi connectivity index (χ1n) is 14.9. The summed E-state index contributed by atoms with van der Waals surface area (Å²) in [5.74, 6) is 0.419. The monoisotopic (exact) mass is 522 g/mol. The maximum atomic E-state index is 14.7. The summed E-state index contributed by atoms with van der Waals surface area (Å²) in [7, 11) is 0. The van der Waals surface area contributed by atoms with Gasteiger partial charge in [-0.1, -0.05) is 107 Å². The van der Waals surface area contributed by atoms with Gasteiger partial charge in [0.15, 0.2) is 0 Å². The summed E-state index contributed by atoms with van der Waals surface area (Å²) in [6.45, 7) is 30.5. The number of Topliss-reactive ketones (excluding diaryl/α,β-unsaturated/α-hetero) is 2. The van der Waals surface area contributed by atoms with Crippen molar-refractivity contribution in [3.63, 3.8) is 0 Å². The van der Waals surface area contributed by atoms with E-state index in [1.807, 2.05) is 13.0 Å². The zero-order chi connectivity index (χ0) is 29.1. The molecule has 8 unspecified atom stereocenters. The molecule has 3 saturated carbocycles. The van der Waals surface area contributed by atoms with Gasteiger partial charge in [-0.2, -0.15) is 0 Å². The van der Waals surface area contributed by atoms with E-state index in [2.05, 4.69) is 94.9 Å². The zero-order valence-corrected chi connectivity index (χ0v) is 26.4. The van der Waals surface area contributed by atoms with E-state index in [9.17, 15) is 14.7 Å². The molecular weight excluding hydrogens is 468 g/mol. The molecule has 1 N–H and O–H groups in total. The quantitative estimate of drug-likeness (QED) is 0.300. The van der Waals surface area contributed by atoms with Crippen molar-refractivity contribution in [1.82, 2.24) is 0 Å². The van der Waals surface area contributed by atoms with E-state index in [1.165, 1.54) is 5.57 Å². The zero-order valence-electron chi connectivity index (χ0n) is 26.4. The van der Waals surface area contributed by atoms with E-state index >= 15 is 0 Å². The van der Waals surface area contributed by atoms with Gasteiger partial charge in [-0.15, -0.1) is 0 Å². The molecule has 0 aromatic heterocycles. The number of carbonyl (C=O) groups is 2. The Kier molecular flexibility index (Phi) is 6.25. The molecule has 0 spiro atoms. The molecule has 4 rings (SSSR count). The lowest BCUT2D eigenvalue weighted by atomic mass is 9.29. The Balaban J connectivity index is 1.86. The lowest BCUT2D eigenvalue weighted by Gasteiger charge is -2.73. The van der Waals surface area contributed by atoms with Crippen LogP contribution in [0, 0.1) is 49.7 Å². The van der Waals surface area contributed by atoms with Crippen LogP contribution in [-0.4, -0.2) is 22.3 Å². The third-order valence-corrected chi connectivity index (χ3v) is 13.7. The van der Waals surface area contributed by atoms with Gasteiger partial charge in [-0.25, -0.2) is 0 Å². The van der Waals surface area contributed by atoms with Gasteiger partial charge in [0.05, 0.1) is 5.60 Å². The molecule has 8 atom stereocenters. The Hall–Kier alpha value is -1.48. The average Bonchev–Trinajstić information content (AvgIpc) is 3.05. The van der Waals surface area contributed by atoms with Gasteiger partial charge in [0.25, 0.3) is 0 Å². The molecule has 4 aliphatic rings. The molecule has 0 bridgehead atoms. The van der Waals surface area contributed by atoms with Crippen molar-refractivity contribution in [1.29, 1.82) is 0 Å². The molecule has 0 aromatic carbocycles. The number of carbonyl (C=O) groups excluding carboxylic acids is 2. The lowest BCUT2D eigenvalue weighted by molar-refractivity contribution is -0.220. The molecule has 212 valence electrons. The first kappa shape index (κ1) is 29.5. The van der Waals surface area contributed by atoms with Crippen LogP contribution in [0.4, 0.5) is 0 Å². The molecule has 4 aliphatic carbocycles. The normalized spacial score (nSPS) is 46.2. The van der Waals surface area contributed by atoms with E-state index in [4.69, 9.17) is 0 Å². The topological polar surface area (TPSA) is 54.4 Å². The van der Waals surface area contributed by atoms with Crippen LogP contribution in [0.5, 0.6) is 0 Å². The molecule has 3 nitrogen and oxygen atoms in total. The average molecular weight is 523 g/mol. The number of fused-ring (bicyclic) bond motifs is 5. The molecule has 0 amide bonds. The first-order chi connectivity index (χ1) is 17.0. The van der Waals surface area contributed by atoms with Crippen LogP contribution in [0.1, 0.15) is 115 Å². The predicted octanol–water partition coefficient (Wildman–Crippen LogP) is 8.28. The highest BCUT2D eigenvalue weighted by atomic mass is 16.3. The SMILES string of the molecule is C=C(C=CC(C)(C)C)C(C)(O)C1CCC2(C)C1(C)CC(=O)C1(C)C3(C)CC(=O)C(C)C(C)(C)C3=CCC21C. The summed E-state index contributed by atoms with van der Waals surface area (Å²) in [5.41, 5.74) is -1.44. The third kappa shape index (κ3) is 3.29. The van der Waals surface area contributed by atoms with Crippen LogP contribution in [0.2, 0.25) is 0 Å². The number of hydrogen-bond acceptors (Lipinski definition) is 3. The van der Waals surface area contributed by atoms with Crippen LogP contribution in [-0.2, 0) is 9.59 Å². The van der Waals surface area contributed by atoms with E-state index in [-0.39, 0.29) is 50.5 Å². The summed E-state index contributed by atoms with van der Waals surface area (Å²) < 4.78 is 0. The van der Waals surface area contributed by atoms with Crippen molar-refractivity contribution in [2.24, 2.45) is 49.7 Å². The molecule has 0 aromatic rings. The van der Waals surface area contributed by atoms with Gasteiger partial charge in [-0.05, 0) is 64.8 Å². The molecule has 0 saturated heterocycles. The van der Waals surface area contributed by atoms with Gasteiger partial charge in [0.2, 0.25) is 0 Å². The van der Waals surface area contributed by atoms with Crippen LogP contribution in [0.25, 0.3) is 0 Å². The Morgan fingerprint density at radius 3 is 2.13 bits per heavy atom. The van der Waals surface area contributed by atoms with Crippen LogP contribution < -0.4 is 0 Å². The Labute approximate surface area is 232 Å².